The molecule has 2 heterocycles. The molecule has 0 spiro atoms. The van der Waals surface area contributed by atoms with Crippen LogP contribution < -0.4 is 19.1 Å². The van der Waals surface area contributed by atoms with E-state index in [1.807, 2.05) is 25.1 Å². The van der Waals surface area contributed by atoms with E-state index in [1.54, 1.807) is 29.4 Å². The number of anilines is 1. The van der Waals surface area contributed by atoms with E-state index in [0.717, 1.165) is 26.9 Å². The normalized spacial score (nSPS) is 10.8. The summed E-state index contributed by atoms with van der Waals surface area (Å²) in [7, 11) is 4.58. The monoisotopic (exact) mass is 463 g/mol. The van der Waals surface area contributed by atoms with Gasteiger partial charge in [0, 0.05) is 18.0 Å². The number of fused-ring (bicyclic) bond motifs is 1. The number of amides is 1. The molecule has 0 bridgehead atoms. The van der Waals surface area contributed by atoms with Crippen molar-refractivity contribution in [3.63, 3.8) is 0 Å². The van der Waals surface area contributed by atoms with Crippen molar-refractivity contribution in [1.29, 1.82) is 0 Å². The molecule has 0 radical (unpaired) electrons. The molecule has 8 heteroatoms. The van der Waals surface area contributed by atoms with Gasteiger partial charge in [0.05, 0.1) is 38.1 Å². The van der Waals surface area contributed by atoms with Gasteiger partial charge in [-0.25, -0.2) is 4.98 Å². The van der Waals surface area contributed by atoms with Crippen LogP contribution in [0.1, 0.15) is 27.0 Å². The highest BCUT2D eigenvalue weighted by molar-refractivity contribution is 7.22. The van der Waals surface area contributed by atoms with Crippen LogP contribution in [0.4, 0.5) is 5.13 Å². The first kappa shape index (κ1) is 22.5. The molecule has 0 fully saturated rings. The standard InChI is InChI=1S/C25H25N3O4S/c1-15-9-16(2)23-19(10-15)27-25(33-23)28(14-17-7-6-8-26-13-17)24(29)18-11-20(30-3)22(32-5)21(12-18)31-4/h6-13H,14H2,1-5H3. The summed E-state index contributed by atoms with van der Waals surface area (Å²) in [5.41, 5.74) is 4.44. The largest absolute Gasteiger partial charge is 0.493 e. The summed E-state index contributed by atoms with van der Waals surface area (Å²) >= 11 is 1.50. The predicted molar refractivity (Wildman–Crippen MR) is 130 cm³/mol. The van der Waals surface area contributed by atoms with Crippen LogP contribution in [-0.2, 0) is 6.54 Å². The van der Waals surface area contributed by atoms with E-state index in [2.05, 4.69) is 18.0 Å². The summed E-state index contributed by atoms with van der Waals surface area (Å²) in [6.45, 7) is 4.42. The number of carbonyl (C=O) groups excluding carboxylic acids is 1. The molecule has 0 saturated heterocycles. The van der Waals surface area contributed by atoms with Crippen molar-refractivity contribution >= 4 is 32.6 Å². The zero-order valence-electron chi connectivity index (χ0n) is 19.2. The lowest BCUT2D eigenvalue weighted by Gasteiger charge is -2.21. The Morgan fingerprint density at radius 3 is 2.36 bits per heavy atom. The van der Waals surface area contributed by atoms with Gasteiger partial charge in [-0.3, -0.25) is 14.7 Å². The molecule has 4 aromatic rings. The molecule has 0 aliphatic heterocycles. The first-order valence-electron chi connectivity index (χ1n) is 10.3. The van der Waals surface area contributed by atoms with E-state index in [9.17, 15) is 4.79 Å². The highest BCUT2D eigenvalue weighted by atomic mass is 32.1. The average molecular weight is 464 g/mol. The Labute approximate surface area is 196 Å². The number of hydrogen-bond donors (Lipinski definition) is 0. The number of ether oxygens (including phenoxy) is 3. The van der Waals surface area contributed by atoms with Crippen LogP contribution in [0.25, 0.3) is 10.2 Å². The van der Waals surface area contributed by atoms with E-state index in [4.69, 9.17) is 19.2 Å². The van der Waals surface area contributed by atoms with Gasteiger partial charge in [0.1, 0.15) is 0 Å². The second-order valence-corrected chi connectivity index (χ2v) is 8.57. The van der Waals surface area contributed by atoms with Gasteiger partial charge in [-0.15, -0.1) is 0 Å². The smallest absolute Gasteiger partial charge is 0.260 e. The van der Waals surface area contributed by atoms with Crippen LogP contribution in [0.2, 0.25) is 0 Å². The number of rotatable bonds is 7. The highest BCUT2D eigenvalue weighted by Crippen LogP contribution is 2.39. The Bertz CT molecular complexity index is 1280. The minimum Gasteiger partial charge on any atom is -0.493 e. The molecule has 0 aliphatic carbocycles. The number of aromatic nitrogens is 2. The van der Waals surface area contributed by atoms with Gasteiger partial charge in [0.25, 0.3) is 5.91 Å². The van der Waals surface area contributed by atoms with Crippen molar-refractivity contribution in [2.75, 3.05) is 26.2 Å². The van der Waals surface area contributed by atoms with Gasteiger partial charge in [-0.2, -0.15) is 0 Å². The minimum absolute atomic E-state index is 0.230. The third kappa shape index (κ3) is 4.47. The third-order valence-corrected chi connectivity index (χ3v) is 6.49. The summed E-state index contributed by atoms with van der Waals surface area (Å²) in [5, 5.41) is 0.612. The molecule has 170 valence electrons. The van der Waals surface area contributed by atoms with E-state index < -0.39 is 0 Å². The topological polar surface area (TPSA) is 73.8 Å². The van der Waals surface area contributed by atoms with E-state index in [-0.39, 0.29) is 5.91 Å². The van der Waals surface area contributed by atoms with Crippen molar-refractivity contribution < 1.29 is 19.0 Å². The Balaban J connectivity index is 1.83. The Morgan fingerprint density at radius 1 is 1.03 bits per heavy atom. The molecule has 2 aromatic heterocycles. The maximum Gasteiger partial charge on any atom is 0.260 e. The summed E-state index contributed by atoms with van der Waals surface area (Å²) < 4.78 is 17.4. The SMILES string of the molecule is COc1cc(C(=O)N(Cc2cccnc2)c2nc3cc(C)cc(C)c3s2)cc(OC)c1OC. The average Bonchev–Trinajstić information content (AvgIpc) is 3.25. The van der Waals surface area contributed by atoms with Crippen LogP contribution in [0.15, 0.2) is 48.8 Å². The van der Waals surface area contributed by atoms with Crippen molar-refractivity contribution in [2.24, 2.45) is 0 Å². The van der Waals surface area contributed by atoms with E-state index >= 15 is 0 Å². The number of methoxy groups -OCH3 is 3. The zero-order valence-corrected chi connectivity index (χ0v) is 20.0. The van der Waals surface area contributed by atoms with Gasteiger partial charge < -0.3 is 14.2 Å². The Hall–Kier alpha value is -3.65. The first-order valence-corrected chi connectivity index (χ1v) is 11.2. The van der Waals surface area contributed by atoms with Crippen molar-refractivity contribution in [2.45, 2.75) is 20.4 Å². The van der Waals surface area contributed by atoms with Crippen LogP contribution >= 0.6 is 11.3 Å². The van der Waals surface area contributed by atoms with Crippen LogP contribution in [0.3, 0.4) is 0 Å². The molecule has 7 nitrogen and oxygen atoms in total. The second-order valence-electron chi connectivity index (χ2n) is 7.59. The second kappa shape index (κ2) is 9.46. The number of carbonyl (C=O) groups is 1. The molecule has 1 amide bonds. The lowest BCUT2D eigenvalue weighted by molar-refractivity contribution is 0.0984. The summed E-state index contributed by atoms with van der Waals surface area (Å²) in [6, 6.07) is 11.3. The molecule has 0 unspecified atom stereocenters. The summed E-state index contributed by atoms with van der Waals surface area (Å²) in [4.78, 5) is 24.5. The number of thiazole rings is 1. The first-order chi connectivity index (χ1) is 15.9. The van der Waals surface area contributed by atoms with Crippen molar-refractivity contribution in [3.05, 3.63) is 71.0 Å². The number of benzene rings is 2. The molecule has 0 aliphatic rings. The van der Waals surface area contributed by atoms with Crippen LogP contribution in [-0.4, -0.2) is 37.2 Å². The van der Waals surface area contributed by atoms with Gasteiger partial charge in [-0.1, -0.05) is 23.5 Å². The fourth-order valence-electron chi connectivity index (χ4n) is 3.74. The summed E-state index contributed by atoms with van der Waals surface area (Å²) in [6.07, 6.45) is 3.46. The van der Waals surface area contributed by atoms with Crippen molar-refractivity contribution in [1.82, 2.24) is 9.97 Å². The maximum atomic E-state index is 13.8. The van der Waals surface area contributed by atoms with Crippen molar-refractivity contribution in [3.8, 4) is 17.2 Å². The molecular formula is C25H25N3O4S. The minimum atomic E-state index is -0.230. The molecule has 2 aromatic carbocycles. The van der Waals surface area contributed by atoms with Crippen LogP contribution in [0.5, 0.6) is 17.2 Å². The number of pyridine rings is 1. The highest BCUT2D eigenvalue weighted by Gasteiger charge is 2.25. The third-order valence-electron chi connectivity index (χ3n) is 5.26. The number of aryl methyl sites for hydroxylation is 2. The molecule has 0 N–H and O–H groups in total. The van der Waals surface area contributed by atoms with Gasteiger partial charge in [-0.05, 0) is 54.8 Å². The zero-order chi connectivity index (χ0) is 23.5. The number of nitrogens with zero attached hydrogens (tertiary/aromatic N) is 3. The van der Waals surface area contributed by atoms with Gasteiger partial charge >= 0.3 is 0 Å². The summed E-state index contributed by atoms with van der Waals surface area (Å²) in [5.74, 6) is 1.03. The molecule has 33 heavy (non-hydrogen) atoms. The van der Waals surface area contributed by atoms with Gasteiger partial charge in [0.2, 0.25) is 5.75 Å². The Kier molecular flexibility index (Phi) is 6.46. The number of hydrogen-bond acceptors (Lipinski definition) is 7. The Morgan fingerprint density at radius 2 is 1.76 bits per heavy atom. The van der Waals surface area contributed by atoms with E-state index in [0.29, 0.717) is 34.5 Å². The quantitative estimate of drug-likeness (QED) is 0.376. The fraction of sp³-hybridized carbons (Fsp3) is 0.240. The van der Waals surface area contributed by atoms with Crippen LogP contribution in [0, 0.1) is 13.8 Å². The lowest BCUT2D eigenvalue weighted by atomic mass is 10.1. The van der Waals surface area contributed by atoms with E-state index in [1.165, 1.54) is 32.7 Å². The molecule has 0 atom stereocenters. The maximum absolute atomic E-state index is 13.8. The predicted octanol–water partition coefficient (Wildman–Crippen LogP) is 5.18. The molecular weight excluding hydrogens is 438 g/mol. The fourth-order valence-corrected chi connectivity index (χ4v) is 4.75. The lowest BCUT2D eigenvalue weighted by Crippen LogP contribution is -2.30. The van der Waals surface area contributed by atoms with Gasteiger partial charge in [0.15, 0.2) is 16.6 Å². The molecule has 4 rings (SSSR count). The molecule has 0 saturated carbocycles.